The molecular weight excluding hydrogens is 346 g/mol. The molecule has 1 saturated heterocycles. The van der Waals surface area contributed by atoms with Crippen molar-refractivity contribution in [1.82, 2.24) is 5.32 Å². The summed E-state index contributed by atoms with van der Waals surface area (Å²) in [5, 5.41) is 2.62. The van der Waals surface area contributed by atoms with E-state index in [-0.39, 0.29) is 23.2 Å². The molecule has 138 valence electrons. The lowest BCUT2D eigenvalue weighted by molar-refractivity contribution is -0.148. The molecule has 0 radical (unpaired) electrons. The summed E-state index contributed by atoms with van der Waals surface area (Å²) >= 11 is 0. The van der Waals surface area contributed by atoms with Gasteiger partial charge >= 0.3 is 5.97 Å². The van der Waals surface area contributed by atoms with Crippen LogP contribution in [0.15, 0.2) is 29.2 Å². The van der Waals surface area contributed by atoms with Crippen LogP contribution in [0.4, 0.5) is 0 Å². The number of nitrogens with one attached hydrogen (secondary N) is 1. The van der Waals surface area contributed by atoms with Crippen molar-refractivity contribution < 1.29 is 27.5 Å². The highest BCUT2D eigenvalue weighted by molar-refractivity contribution is 7.91. The van der Waals surface area contributed by atoms with Crippen LogP contribution in [-0.2, 0) is 28.9 Å². The van der Waals surface area contributed by atoms with Gasteiger partial charge in [0.05, 0.1) is 23.2 Å². The van der Waals surface area contributed by atoms with Gasteiger partial charge in [0.1, 0.15) is 0 Å². The minimum absolute atomic E-state index is 0.0132. The first-order valence-corrected chi connectivity index (χ1v) is 9.85. The monoisotopic (exact) mass is 369 g/mol. The third kappa shape index (κ3) is 6.47. The molecule has 1 heterocycles. The van der Waals surface area contributed by atoms with Crippen LogP contribution in [0.5, 0.6) is 0 Å². The molecule has 7 nitrogen and oxygen atoms in total. The third-order valence-electron chi connectivity index (χ3n) is 3.87. The largest absolute Gasteiger partial charge is 0.456 e. The molecule has 1 aromatic carbocycles. The standard InChI is InChI=1S/C17H23NO6S/c1-13-4-6-15(7-5-13)25(21,22)10-8-17(20)24-12-16(19)18-11-14-3-2-9-23-14/h4-7,14H,2-3,8-12H2,1H3,(H,18,19)/t14-/m1/s1. The Hall–Kier alpha value is -1.93. The molecule has 0 aliphatic carbocycles. The Bertz CT molecular complexity index is 692. The number of ether oxygens (including phenoxy) is 2. The highest BCUT2D eigenvalue weighted by Gasteiger charge is 2.19. The van der Waals surface area contributed by atoms with Crippen molar-refractivity contribution in [2.45, 2.75) is 37.2 Å². The number of sulfone groups is 1. The lowest BCUT2D eigenvalue weighted by Crippen LogP contribution is -2.34. The van der Waals surface area contributed by atoms with Gasteiger partial charge in [0.2, 0.25) is 0 Å². The third-order valence-corrected chi connectivity index (χ3v) is 5.60. The molecular formula is C17H23NO6S. The molecule has 0 aromatic heterocycles. The number of hydrogen-bond donors (Lipinski definition) is 1. The topological polar surface area (TPSA) is 98.8 Å². The Morgan fingerprint density at radius 3 is 2.64 bits per heavy atom. The summed E-state index contributed by atoms with van der Waals surface area (Å²) < 4.78 is 34.4. The molecule has 0 saturated carbocycles. The van der Waals surface area contributed by atoms with E-state index in [1.54, 1.807) is 12.1 Å². The first-order valence-electron chi connectivity index (χ1n) is 8.20. The van der Waals surface area contributed by atoms with E-state index in [4.69, 9.17) is 9.47 Å². The van der Waals surface area contributed by atoms with Gasteiger partial charge < -0.3 is 14.8 Å². The van der Waals surface area contributed by atoms with Crippen LogP contribution in [-0.4, -0.2) is 51.9 Å². The van der Waals surface area contributed by atoms with E-state index in [9.17, 15) is 18.0 Å². The maximum atomic E-state index is 12.1. The van der Waals surface area contributed by atoms with E-state index in [2.05, 4.69) is 5.32 Å². The van der Waals surface area contributed by atoms with Gasteiger partial charge in [-0.25, -0.2) is 8.42 Å². The summed E-state index contributed by atoms with van der Waals surface area (Å²) in [6.07, 6.45) is 1.59. The lowest BCUT2D eigenvalue weighted by atomic mass is 10.2. The summed E-state index contributed by atoms with van der Waals surface area (Å²) in [6.45, 7) is 2.52. The molecule has 0 bridgehead atoms. The Kier molecular flexibility index (Phi) is 6.95. The SMILES string of the molecule is Cc1ccc(S(=O)(=O)CCC(=O)OCC(=O)NC[C@H]2CCCO2)cc1. The molecule has 0 spiro atoms. The van der Waals surface area contributed by atoms with Gasteiger partial charge in [-0.2, -0.15) is 0 Å². The molecule has 2 rings (SSSR count). The van der Waals surface area contributed by atoms with Gasteiger partial charge in [0.25, 0.3) is 5.91 Å². The van der Waals surface area contributed by atoms with Crippen LogP contribution in [0, 0.1) is 6.92 Å². The summed E-state index contributed by atoms with van der Waals surface area (Å²) in [5.41, 5.74) is 0.951. The molecule has 0 unspecified atom stereocenters. The quantitative estimate of drug-likeness (QED) is 0.687. The number of rotatable bonds is 8. The van der Waals surface area contributed by atoms with Gasteiger partial charge in [0.15, 0.2) is 16.4 Å². The zero-order valence-electron chi connectivity index (χ0n) is 14.2. The van der Waals surface area contributed by atoms with Crippen molar-refractivity contribution in [3.8, 4) is 0 Å². The van der Waals surface area contributed by atoms with Gasteiger partial charge in [0, 0.05) is 13.2 Å². The zero-order valence-corrected chi connectivity index (χ0v) is 15.0. The average molecular weight is 369 g/mol. The van der Waals surface area contributed by atoms with Gasteiger partial charge in [-0.1, -0.05) is 17.7 Å². The van der Waals surface area contributed by atoms with Crippen LogP contribution >= 0.6 is 0 Å². The second kappa shape index (κ2) is 8.96. The van der Waals surface area contributed by atoms with Crippen molar-refractivity contribution in [3.05, 3.63) is 29.8 Å². The fraction of sp³-hybridized carbons (Fsp3) is 0.529. The number of aryl methyl sites for hydroxylation is 1. The molecule has 1 fully saturated rings. The van der Waals surface area contributed by atoms with Crippen molar-refractivity contribution >= 4 is 21.7 Å². The van der Waals surface area contributed by atoms with Crippen LogP contribution in [0.2, 0.25) is 0 Å². The molecule has 1 aromatic rings. The van der Waals surface area contributed by atoms with E-state index in [1.807, 2.05) is 6.92 Å². The summed E-state index contributed by atoms with van der Waals surface area (Å²) in [5.74, 6) is -1.50. The van der Waals surface area contributed by atoms with E-state index in [1.165, 1.54) is 12.1 Å². The number of carbonyl (C=O) groups is 2. The van der Waals surface area contributed by atoms with Gasteiger partial charge in [-0.3, -0.25) is 9.59 Å². The van der Waals surface area contributed by atoms with Crippen molar-refractivity contribution in [3.63, 3.8) is 0 Å². The van der Waals surface area contributed by atoms with Crippen LogP contribution in [0.1, 0.15) is 24.8 Å². The maximum absolute atomic E-state index is 12.1. The van der Waals surface area contributed by atoms with E-state index in [0.717, 1.165) is 18.4 Å². The lowest BCUT2D eigenvalue weighted by Gasteiger charge is -2.11. The van der Waals surface area contributed by atoms with Gasteiger partial charge in [-0.15, -0.1) is 0 Å². The molecule has 1 aliphatic rings. The predicted molar refractivity (Wildman–Crippen MR) is 90.8 cm³/mol. The van der Waals surface area contributed by atoms with Crippen molar-refractivity contribution in [1.29, 1.82) is 0 Å². The number of carbonyl (C=O) groups excluding carboxylic acids is 2. The van der Waals surface area contributed by atoms with Crippen LogP contribution in [0.3, 0.4) is 0 Å². The summed E-state index contributed by atoms with van der Waals surface area (Å²) in [6, 6.07) is 6.41. The Balaban J connectivity index is 1.69. The fourth-order valence-corrected chi connectivity index (χ4v) is 3.61. The molecule has 1 N–H and O–H groups in total. The van der Waals surface area contributed by atoms with Crippen molar-refractivity contribution in [2.75, 3.05) is 25.5 Å². The summed E-state index contributed by atoms with van der Waals surface area (Å²) in [7, 11) is -3.55. The molecule has 25 heavy (non-hydrogen) atoms. The zero-order chi connectivity index (χ0) is 18.3. The first-order chi connectivity index (χ1) is 11.9. The average Bonchev–Trinajstić information content (AvgIpc) is 3.10. The smallest absolute Gasteiger partial charge is 0.307 e. The fourth-order valence-electron chi connectivity index (χ4n) is 2.38. The number of benzene rings is 1. The molecule has 1 aliphatic heterocycles. The highest BCUT2D eigenvalue weighted by Crippen LogP contribution is 2.13. The highest BCUT2D eigenvalue weighted by atomic mass is 32.2. The first kappa shape index (κ1) is 19.4. The second-order valence-corrected chi connectivity index (χ2v) is 8.09. The molecule has 1 amide bonds. The number of hydrogen-bond acceptors (Lipinski definition) is 6. The van der Waals surface area contributed by atoms with Crippen LogP contribution < -0.4 is 5.32 Å². The van der Waals surface area contributed by atoms with E-state index in [0.29, 0.717) is 13.2 Å². The van der Waals surface area contributed by atoms with E-state index < -0.39 is 28.3 Å². The summed E-state index contributed by atoms with van der Waals surface area (Å²) in [4.78, 5) is 23.4. The second-order valence-electron chi connectivity index (χ2n) is 5.98. The minimum Gasteiger partial charge on any atom is -0.456 e. The number of esters is 1. The Morgan fingerprint density at radius 2 is 2.00 bits per heavy atom. The van der Waals surface area contributed by atoms with E-state index >= 15 is 0 Å². The Morgan fingerprint density at radius 1 is 1.28 bits per heavy atom. The van der Waals surface area contributed by atoms with Gasteiger partial charge in [-0.05, 0) is 31.9 Å². The predicted octanol–water partition coefficient (Wildman–Crippen LogP) is 0.997. The number of amides is 1. The Labute approximate surface area is 147 Å². The maximum Gasteiger partial charge on any atom is 0.307 e. The van der Waals surface area contributed by atoms with Crippen molar-refractivity contribution in [2.24, 2.45) is 0 Å². The van der Waals surface area contributed by atoms with Crippen LogP contribution in [0.25, 0.3) is 0 Å². The normalized spacial score (nSPS) is 17.2. The molecule has 1 atom stereocenters. The molecule has 8 heteroatoms. The minimum atomic E-state index is -3.55.